The third-order valence-electron chi connectivity index (χ3n) is 4.41. The Morgan fingerprint density at radius 1 is 1.04 bits per heavy atom. The summed E-state index contributed by atoms with van der Waals surface area (Å²) in [6, 6.07) is 18.7. The molecule has 0 aromatic heterocycles. The second kappa shape index (κ2) is 8.88. The predicted octanol–water partition coefficient (Wildman–Crippen LogP) is 4.27. The van der Waals surface area contributed by atoms with Gasteiger partial charge in [0.25, 0.3) is 0 Å². The van der Waals surface area contributed by atoms with E-state index in [0.29, 0.717) is 0 Å². The van der Waals surface area contributed by atoms with Crippen LogP contribution >= 0.6 is 27.7 Å². The molecule has 0 saturated carbocycles. The number of nitrogens with zero attached hydrogens (tertiary/aromatic N) is 2. The van der Waals surface area contributed by atoms with Crippen LogP contribution in [0.25, 0.3) is 0 Å². The number of hydrogen-bond donors (Lipinski definition) is 0. The van der Waals surface area contributed by atoms with Crippen molar-refractivity contribution in [1.29, 1.82) is 0 Å². The number of piperazine rings is 1. The minimum Gasteiger partial charge on any atom is -0.339 e. The highest BCUT2D eigenvalue weighted by Gasteiger charge is 2.25. The van der Waals surface area contributed by atoms with Gasteiger partial charge in [-0.05, 0) is 36.8 Å². The van der Waals surface area contributed by atoms with Gasteiger partial charge in [-0.1, -0.05) is 46.3 Å². The van der Waals surface area contributed by atoms with E-state index in [1.54, 1.807) is 11.8 Å². The summed E-state index contributed by atoms with van der Waals surface area (Å²) in [7, 11) is 0. The van der Waals surface area contributed by atoms with Gasteiger partial charge in [-0.3, -0.25) is 9.69 Å². The molecular weight excluding hydrogens is 396 g/mol. The quantitative estimate of drug-likeness (QED) is 0.677. The van der Waals surface area contributed by atoms with Crippen LogP contribution in [0.4, 0.5) is 0 Å². The molecule has 3 rings (SSSR count). The van der Waals surface area contributed by atoms with Gasteiger partial charge >= 0.3 is 0 Å². The van der Waals surface area contributed by atoms with E-state index < -0.39 is 0 Å². The molecule has 0 radical (unpaired) electrons. The standard InChI is InChI=1S/C20H23BrN2OS/c1-16(25-19-9-7-18(21)8-10-19)20(24)23-13-11-22(12-14-23)15-17-5-3-2-4-6-17/h2-10,16H,11-15H2,1H3. The van der Waals surface area contributed by atoms with Gasteiger partial charge in [0.05, 0.1) is 5.25 Å². The average Bonchev–Trinajstić information content (AvgIpc) is 2.64. The summed E-state index contributed by atoms with van der Waals surface area (Å²) in [5.41, 5.74) is 1.33. The molecule has 1 aliphatic heterocycles. The van der Waals surface area contributed by atoms with E-state index in [2.05, 4.69) is 57.2 Å². The first-order chi connectivity index (χ1) is 12.1. The fourth-order valence-corrected chi connectivity index (χ4v) is 4.21. The normalized spacial score (nSPS) is 16.6. The zero-order valence-corrected chi connectivity index (χ0v) is 16.8. The average molecular weight is 419 g/mol. The smallest absolute Gasteiger partial charge is 0.235 e. The molecule has 1 amide bonds. The first kappa shape index (κ1) is 18.5. The second-order valence-electron chi connectivity index (χ2n) is 6.30. The van der Waals surface area contributed by atoms with Crippen molar-refractivity contribution in [2.75, 3.05) is 26.2 Å². The second-order valence-corrected chi connectivity index (χ2v) is 8.63. The third-order valence-corrected chi connectivity index (χ3v) is 6.04. The molecule has 1 atom stereocenters. The van der Waals surface area contributed by atoms with Crippen LogP contribution in [-0.2, 0) is 11.3 Å². The van der Waals surface area contributed by atoms with Crippen molar-refractivity contribution < 1.29 is 4.79 Å². The van der Waals surface area contributed by atoms with Crippen LogP contribution in [0.1, 0.15) is 12.5 Å². The highest BCUT2D eigenvalue weighted by Crippen LogP contribution is 2.26. The molecule has 132 valence electrons. The summed E-state index contributed by atoms with van der Waals surface area (Å²) >= 11 is 5.08. The number of rotatable bonds is 5. The number of benzene rings is 2. The predicted molar refractivity (Wildman–Crippen MR) is 108 cm³/mol. The van der Waals surface area contributed by atoms with Gasteiger partial charge in [0, 0.05) is 42.1 Å². The minimum atomic E-state index is -0.0538. The van der Waals surface area contributed by atoms with E-state index in [1.165, 1.54) is 5.56 Å². The number of hydrogen-bond acceptors (Lipinski definition) is 3. The van der Waals surface area contributed by atoms with Gasteiger partial charge in [-0.15, -0.1) is 11.8 Å². The summed E-state index contributed by atoms with van der Waals surface area (Å²) in [6.07, 6.45) is 0. The number of carbonyl (C=O) groups excluding carboxylic acids is 1. The van der Waals surface area contributed by atoms with E-state index in [-0.39, 0.29) is 11.2 Å². The molecule has 1 unspecified atom stereocenters. The summed E-state index contributed by atoms with van der Waals surface area (Å²) in [6.45, 7) is 6.48. The maximum atomic E-state index is 12.7. The lowest BCUT2D eigenvalue weighted by Gasteiger charge is -2.35. The fraction of sp³-hybridized carbons (Fsp3) is 0.350. The number of thioether (sulfide) groups is 1. The topological polar surface area (TPSA) is 23.6 Å². The van der Waals surface area contributed by atoms with Crippen LogP contribution in [0.3, 0.4) is 0 Å². The Bertz CT molecular complexity index is 685. The van der Waals surface area contributed by atoms with Crippen molar-refractivity contribution in [1.82, 2.24) is 9.80 Å². The molecule has 1 saturated heterocycles. The maximum Gasteiger partial charge on any atom is 0.235 e. The molecule has 2 aromatic rings. The Labute approximate surface area is 162 Å². The Morgan fingerprint density at radius 2 is 1.68 bits per heavy atom. The van der Waals surface area contributed by atoms with Crippen LogP contribution in [0.2, 0.25) is 0 Å². The molecule has 3 nitrogen and oxygen atoms in total. The lowest BCUT2D eigenvalue weighted by atomic mass is 10.2. The zero-order chi connectivity index (χ0) is 17.6. The van der Waals surface area contributed by atoms with Gasteiger partial charge in [-0.25, -0.2) is 0 Å². The summed E-state index contributed by atoms with van der Waals surface area (Å²) in [4.78, 5) is 18.3. The Kier molecular flexibility index (Phi) is 6.57. The molecule has 1 heterocycles. The van der Waals surface area contributed by atoms with Gasteiger partial charge in [0.2, 0.25) is 5.91 Å². The minimum absolute atomic E-state index is 0.0538. The summed E-state index contributed by atoms with van der Waals surface area (Å²) in [5.74, 6) is 0.243. The van der Waals surface area contributed by atoms with E-state index >= 15 is 0 Å². The summed E-state index contributed by atoms with van der Waals surface area (Å²) < 4.78 is 1.06. The largest absolute Gasteiger partial charge is 0.339 e. The van der Waals surface area contributed by atoms with Crippen molar-refractivity contribution in [3.05, 3.63) is 64.6 Å². The van der Waals surface area contributed by atoms with Crippen LogP contribution in [0.15, 0.2) is 64.0 Å². The van der Waals surface area contributed by atoms with Crippen LogP contribution in [-0.4, -0.2) is 47.1 Å². The molecule has 25 heavy (non-hydrogen) atoms. The number of carbonyl (C=O) groups is 1. The van der Waals surface area contributed by atoms with Crippen molar-refractivity contribution in [2.24, 2.45) is 0 Å². The summed E-state index contributed by atoms with van der Waals surface area (Å²) in [5, 5.41) is -0.0538. The molecule has 0 aliphatic carbocycles. The van der Waals surface area contributed by atoms with Crippen molar-refractivity contribution in [3.63, 3.8) is 0 Å². The molecule has 0 bridgehead atoms. The van der Waals surface area contributed by atoms with E-state index in [0.717, 1.165) is 42.1 Å². The van der Waals surface area contributed by atoms with Crippen molar-refractivity contribution in [2.45, 2.75) is 23.6 Å². The van der Waals surface area contributed by atoms with E-state index in [4.69, 9.17) is 0 Å². The first-order valence-electron chi connectivity index (χ1n) is 8.59. The van der Waals surface area contributed by atoms with Crippen LogP contribution in [0.5, 0.6) is 0 Å². The molecule has 2 aromatic carbocycles. The Morgan fingerprint density at radius 3 is 2.32 bits per heavy atom. The van der Waals surface area contributed by atoms with Gasteiger partial charge in [0.1, 0.15) is 0 Å². The monoisotopic (exact) mass is 418 g/mol. The van der Waals surface area contributed by atoms with Gasteiger partial charge < -0.3 is 4.90 Å². The Hall–Kier alpha value is -1.30. The molecule has 1 fully saturated rings. The Balaban J connectivity index is 1.48. The van der Waals surface area contributed by atoms with Crippen molar-refractivity contribution >= 4 is 33.6 Å². The van der Waals surface area contributed by atoms with Crippen LogP contribution in [0, 0.1) is 0 Å². The van der Waals surface area contributed by atoms with Gasteiger partial charge in [0.15, 0.2) is 0 Å². The van der Waals surface area contributed by atoms with E-state index in [1.807, 2.05) is 30.0 Å². The maximum absolute atomic E-state index is 12.7. The molecular formula is C20H23BrN2OS. The van der Waals surface area contributed by atoms with Crippen molar-refractivity contribution in [3.8, 4) is 0 Å². The fourth-order valence-electron chi connectivity index (χ4n) is 2.99. The third kappa shape index (κ3) is 5.33. The molecule has 5 heteroatoms. The van der Waals surface area contributed by atoms with Crippen LogP contribution < -0.4 is 0 Å². The zero-order valence-electron chi connectivity index (χ0n) is 14.4. The van der Waals surface area contributed by atoms with E-state index in [9.17, 15) is 4.79 Å². The molecule has 0 N–H and O–H groups in total. The number of amides is 1. The van der Waals surface area contributed by atoms with Gasteiger partial charge in [-0.2, -0.15) is 0 Å². The number of halogens is 1. The molecule has 1 aliphatic rings. The lowest BCUT2D eigenvalue weighted by Crippen LogP contribution is -2.50. The highest BCUT2D eigenvalue weighted by atomic mass is 79.9. The first-order valence-corrected chi connectivity index (χ1v) is 10.3. The highest BCUT2D eigenvalue weighted by molar-refractivity contribution is 9.10. The lowest BCUT2D eigenvalue weighted by molar-refractivity contribution is -0.132. The molecule has 0 spiro atoms. The SMILES string of the molecule is CC(Sc1ccc(Br)cc1)C(=O)N1CCN(Cc2ccccc2)CC1.